The molecule has 0 heterocycles. The van der Waals surface area contributed by atoms with Gasteiger partial charge in [-0.05, 0) is 82.1 Å². The van der Waals surface area contributed by atoms with Crippen LogP contribution >= 0.6 is 7.37 Å². The molecule has 0 saturated heterocycles. The fraction of sp³-hybridized carbons (Fsp3) is 0.917. The van der Waals surface area contributed by atoms with Crippen molar-refractivity contribution in [1.29, 1.82) is 0 Å². The van der Waals surface area contributed by atoms with Crippen LogP contribution in [-0.2, 0) is 33.1 Å². The Labute approximate surface area is 200 Å². The van der Waals surface area contributed by atoms with E-state index in [-0.39, 0.29) is 24.3 Å². The molecule has 0 aromatic heterocycles. The fourth-order valence-electron chi connectivity index (χ4n) is 3.18. The average Bonchev–Trinajstić information content (AvgIpc) is 2.55. The third-order valence-corrected chi connectivity index (χ3v) is 6.12. The molecule has 0 saturated carbocycles. The van der Waals surface area contributed by atoms with Gasteiger partial charge in [0.25, 0.3) is 0 Å². The van der Waals surface area contributed by atoms with E-state index in [4.69, 9.17) is 18.9 Å². The van der Waals surface area contributed by atoms with Gasteiger partial charge < -0.3 is 23.8 Å². The molecule has 0 rings (SSSR count). The number of rotatable bonds is 18. The molecule has 1 N–H and O–H groups in total. The van der Waals surface area contributed by atoms with Crippen molar-refractivity contribution in [1.82, 2.24) is 0 Å². The summed E-state index contributed by atoms with van der Waals surface area (Å²) in [6.07, 6.45) is 1.02. The van der Waals surface area contributed by atoms with Gasteiger partial charge in [-0.15, -0.1) is 0 Å². The molecule has 9 heteroatoms. The van der Waals surface area contributed by atoms with Crippen molar-refractivity contribution < 1.29 is 38.0 Å². The lowest BCUT2D eigenvalue weighted by atomic mass is 10.0. The third-order valence-electron chi connectivity index (χ3n) is 5.06. The fourth-order valence-corrected chi connectivity index (χ4v) is 4.36. The minimum atomic E-state index is -3.67. The van der Waals surface area contributed by atoms with Crippen molar-refractivity contribution >= 4 is 18.9 Å². The summed E-state index contributed by atoms with van der Waals surface area (Å²) in [6.45, 7) is 18.6. The molecule has 0 atom stereocenters. The van der Waals surface area contributed by atoms with Gasteiger partial charge in [-0.3, -0.25) is 14.2 Å². The van der Waals surface area contributed by atoms with Crippen LogP contribution in [0, 0.1) is 0 Å². The molecule has 0 aliphatic rings. The predicted molar refractivity (Wildman–Crippen MR) is 130 cm³/mol. The molecule has 33 heavy (non-hydrogen) atoms. The third kappa shape index (κ3) is 17.5. The number of ether oxygens (including phenoxy) is 4. The zero-order chi connectivity index (χ0) is 26.1. The van der Waals surface area contributed by atoms with Gasteiger partial charge in [-0.1, -0.05) is 0 Å². The predicted octanol–water partition coefficient (Wildman–Crippen LogP) is 5.09. The highest BCUT2D eigenvalue weighted by atomic mass is 31.2. The van der Waals surface area contributed by atoms with Crippen LogP contribution in [0.2, 0.25) is 0 Å². The van der Waals surface area contributed by atoms with Crippen molar-refractivity contribution in [3.05, 3.63) is 0 Å². The van der Waals surface area contributed by atoms with Crippen molar-refractivity contribution in [2.45, 2.75) is 117 Å². The van der Waals surface area contributed by atoms with E-state index in [0.717, 1.165) is 0 Å². The second-order valence-electron chi connectivity index (χ2n) is 11.4. The molecular weight excluding hydrogens is 447 g/mol. The Hall–Kier alpha value is -0.630. The number of carbonyl (C=O) groups excluding carboxylic acids is 2. The second kappa shape index (κ2) is 12.9. The maximum Gasteiger partial charge on any atom is 0.250 e. The van der Waals surface area contributed by atoms with Gasteiger partial charge in [0.2, 0.25) is 7.37 Å². The number of hydrogen-bond donors (Lipinski definition) is 1. The highest BCUT2D eigenvalue weighted by Crippen LogP contribution is 2.43. The molecule has 0 aromatic carbocycles. The molecule has 0 radical (unpaired) electrons. The maximum absolute atomic E-state index is 12.6. The highest BCUT2D eigenvalue weighted by Gasteiger charge is 2.30. The zero-order valence-corrected chi connectivity index (χ0v) is 23.3. The molecule has 0 aliphatic heterocycles. The van der Waals surface area contributed by atoms with Crippen LogP contribution in [0.3, 0.4) is 0 Å². The molecule has 0 aliphatic carbocycles. The minimum absolute atomic E-state index is 0.0611. The standard InChI is InChI=1S/C24H47O8P/c1-19(25)15-23(7,8)29-13-11-21(3,4)31-17-33(27,28)18-32-22(5,6)12-14-30-24(9,10)16-20(2)26/h11-18H2,1-10H3,(H,27,28). The van der Waals surface area contributed by atoms with Gasteiger partial charge in [0.15, 0.2) is 0 Å². The minimum Gasteiger partial charge on any atom is -0.375 e. The first kappa shape index (κ1) is 32.4. The lowest BCUT2D eigenvalue weighted by Crippen LogP contribution is -2.33. The molecule has 0 amide bonds. The Morgan fingerprint density at radius 2 is 0.939 bits per heavy atom. The SMILES string of the molecule is CC(=O)CC(C)(C)OCCC(C)(C)OCP(=O)(O)COC(C)(C)CCOC(C)(C)CC(C)=O. The first-order valence-electron chi connectivity index (χ1n) is 11.5. The normalized spacial score (nSPS) is 13.9. The molecule has 0 spiro atoms. The zero-order valence-electron chi connectivity index (χ0n) is 22.4. The topological polar surface area (TPSA) is 108 Å². The van der Waals surface area contributed by atoms with Crippen LogP contribution in [0.4, 0.5) is 0 Å². The lowest BCUT2D eigenvalue weighted by molar-refractivity contribution is -0.125. The van der Waals surface area contributed by atoms with Crippen LogP contribution in [0.5, 0.6) is 0 Å². The van der Waals surface area contributed by atoms with Gasteiger partial charge in [0.05, 0.1) is 35.6 Å². The first-order chi connectivity index (χ1) is 14.7. The van der Waals surface area contributed by atoms with E-state index in [2.05, 4.69) is 0 Å². The lowest BCUT2D eigenvalue weighted by Gasteiger charge is -2.31. The second-order valence-corrected chi connectivity index (χ2v) is 13.6. The number of hydrogen-bond acceptors (Lipinski definition) is 7. The van der Waals surface area contributed by atoms with E-state index in [1.54, 1.807) is 0 Å². The van der Waals surface area contributed by atoms with E-state index in [1.807, 2.05) is 55.4 Å². The first-order valence-corrected chi connectivity index (χ1v) is 13.5. The van der Waals surface area contributed by atoms with Crippen molar-refractivity contribution in [2.75, 3.05) is 25.9 Å². The van der Waals surface area contributed by atoms with Gasteiger partial charge >= 0.3 is 0 Å². The van der Waals surface area contributed by atoms with Gasteiger partial charge in [-0.2, -0.15) is 0 Å². The highest BCUT2D eigenvalue weighted by molar-refractivity contribution is 7.57. The molecule has 196 valence electrons. The Morgan fingerprint density at radius 1 is 0.636 bits per heavy atom. The summed E-state index contributed by atoms with van der Waals surface area (Å²) in [7, 11) is -3.67. The molecule has 8 nitrogen and oxygen atoms in total. The van der Waals surface area contributed by atoms with Crippen LogP contribution in [0.1, 0.15) is 94.9 Å². The van der Waals surface area contributed by atoms with Crippen LogP contribution in [0.15, 0.2) is 0 Å². The van der Waals surface area contributed by atoms with Crippen LogP contribution in [0.25, 0.3) is 0 Å². The Balaban J connectivity index is 4.47. The van der Waals surface area contributed by atoms with E-state index in [0.29, 0.717) is 38.9 Å². The monoisotopic (exact) mass is 494 g/mol. The Morgan fingerprint density at radius 3 is 1.21 bits per heavy atom. The summed E-state index contributed by atoms with van der Waals surface area (Å²) in [6, 6.07) is 0. The average molecular weight is 495 g/mol. The summed E-state index contributed by atoms with van der Waals surface area (Å²) in [4.78, 5) is 32.9. The summed E-state index contributed by atoms with van der Waals surface area (Å²) in [5.41, 5.74) is -2.45. The van der Waals surface area contributed by atoms with Crippen molar-refractivity contribution in [2.24, 2.45) is 0 Å². The number of ketones is 2. The van der Waals surface area contributed by atoms with Crippen LogP contribution in [-0.4, -0.2) is 64.8 Å². The van der Waals surface area contributed by atoms with Crippen LogP contribution < -0.4 is 0 Å². The smallest absolute Gasteiger partial charge is 0.250 e. The van der Waals surface area contributed by atoms with Gasteiger partial charge in [0.1, 0.15) is 24.3 Å². The van der Waals surface area contributed by atoms with Gasteiger partial charge in [0, 0.05) is 12.8 Å². The Kier molecular flexibility index (Phi) is 12.6. The summed E-state index contributed by atoms with van der Waals surface area (Å²) in [5, 5.41) is 0. The van der Waals surface area contributed by atoms with Crippen molar-refractivity contribution in [3.8, 4) is 0 Å². The molecule has 0 unspecified atom stereocenters. The molecular formula is C24H47O8P. The van der Waals surface area contributed by atoms with E-state index >= 15 is 0 Å². The van der Waals surface area contributed by atoms with Gasteiger partial charge in [-0.25, -0.2) is 0 Å². The summed E-state index contributed by atoms with van der Waals surface area (Å²) in [5.74, 6) is 0.122. The van der Waals surface area contributed by atoms with E-state index in [1.165, 1.54) is 13.8 Å². The molecule has 0 aromatic rings. The maximum atomic E-state index is 12.6. The quantitative estimate of drug-likeness (QED) is 0.263. The number of Topliss-reactive ketones (excluding diaryl/α,β-unsaturated/α-hetero) is 2. The summed E-state index contributed by atoms with van der Waals surface area (Å²) >= 11 is 0. The molecule has 0 fully saturated rings. The largest absolute Gasteiger partial charge is 0.375 e. The van der Waals surface area contributed by atoms with E-state index < -0.39 is 29.8 Å². The van der Waals surface area contributed by atoms with E-state index in [9.17, 15) is 19.0 Å². The summed E-state index contributed by atoms with van der Waals surface area (Å²) < 4.78 is 35.6. The van der Waals surface area contributed by atoms with Crippen molar-refractivity contribution in [3.63, 3.8) is 0 Å². The number of carbonyl (C=O) groups is 2. The Bertz CT molecular complexity index is 628. The molecule has 0 bridgehead atoms.